The first-order valence-corrected chi connectivity index (χ1v) is 10.8. The molecule has 25 heavy (non-hydrogen) atoms. The third-order valence-electron chi connectivity index (χ3n) is 6.12. The number of thioether (sulfide) groups is 1. The summed E-state index contributed by atoms with van der Waals surface area (Å²) in [4.78, 5) is 18.0. The van der Waals surface area contributed by atoms with E-state index in [2.05, 4.69) is 15.9 Å². The SMILES string of the molecule is NC(=O)c1ccc2c(c1)SCN2C1CCCCC1CN1CCCCC1. The molecule has 2 fully saturated rings. The Morgan fingerprint density at radius 1 is 1.12 bits per heavy atom. The molecule has 0 bridgehead atoms. The van der Waals surface area contributed by atoms with Crippen LogP contribution in [0.15, 0.2) is 23.1 Å². The Hall–Kier alpha value is -1.20. The minimum absolute atomic E-state index is 0.331. The molecule has 1 aliphatic carbocycles. The molecule has 2 unspecified atom stereocenters. The van der Waals surface area contributed by atoms with E-state index in [4.69, 9.17) is 5.73 Å². The van der Waals surface area contributed by atoms with Gasteiger partial charge in [0.2, 0.25) is 5.91 Å². The Morgan fingerprint density at radius 2 is 1.92 bits per heavy atom. The van der Waals surface area contributed by atoms with Gasteiger partial charge < -0.3 is 15.5 Å². The van der Waals surface area contributed by atoms with Gasteiger partial charge in [-0.15, -0.1) is 11.8 Å². The number of benzene rings is 1. The molecule has 1 aromatic carbocycles. The first-order chi connectivity index (χ1) is 12.2. The number of piperidine rings is 1. The van der Waals surface area contributed by atoms with Gasteiger partial charge in [0.25, 0.3) is 0 Å². The van der Waals surface area contributed by atoms with Crippen LogP contribution >= 0.6 is 11.8 Å². The number of hydrogen-bond donors (Lipinski definition) is 1. The second-order valence-electron chi connectivity index (χ2n) is 7.76. The van der Waals surface area contributed by atoms with Crippen LogP contribution in [0.3, 0.4) is 0 Å². The Kier molecular flexibility index (Phi) is 5.23. The highest BCUT2D eigenvalue weighted by atomic mass is 32.2. The lowest BCUT2D eigenvalue weighted by Crippen LogP contribution is -2.46. The molecule has 4 nitrogen and oxygen atoms in total. The number of nitrogens with zero attached hydrogens (tertiary/aromatic N) is 2. The van der Waals surface area contributed by atoms with Crippen LogP contribution in [0.1, 0.15) is 55.3 Å². The molecule has 0 radical (unpaired) electrons. The summed E-state index contributed by atoms with van der Waals surface area (Å²) in [6, 6.07) is 6.62. The summed E-state index contributed by atoms with van der Waals surface area (Å²) in [6.07, 6.45) is 9.53. The van der Waals surface area contributed by atoms with Gasteiger partial charge in [0, 0.05) is 23.0 Å². The number of nitrogens with two attached hydrogens (primary N) is 1. The van der Waals surface area contributed by atoms with Gasteiger partial charge in [-0.1, -0.05) is 19.3 Å². The molecule has 1 amide bonds. The van der Waals surface area contributed by atoms with E-state index in [9.17, 15) is 4.79 Å². The van der Waals surface area contributed by atoms with Gasteiger partial charge in [0.15, 0.2) is 0 Å². The van der Waals surface area contributed by atoms with E-state index >= 15 is 0 Å². The van der Waals surface area contributed by atoms with E-state index in [1.165, 1.54) is 75.2 Å². The maximum absolute atomic E-state index is 11.5. The number of carbonyl (C=O) groups excluding carboxylic acids is 1. The summed E-state index contributed by atoms with van der Waals surface area (Å²) in [5, 5.41) is 0. The highest BCUT2D eigenvalue weighted by Gasteiger charge is 2.35. The van der Waals surface area contributed by atoms with Crippen LogP contribution in [0.5, 0.6) is 0 Å². The predicted molar refractivity (Wildman–Crippen MR) is 104 cm³/mol. The minimum atomic E-state index is -0.331. The van der Waals surface area contributed by atoms with Crippen LogP contribution in [0.25, 0.3) is 0 Å². The van der Waals surface area contributed by atoms with Crippen molar-refractivity contribution in [3.63, 3.8) is 0 Å². The van der Waals surface area contributed by atoms with Crippen molar-refractivity contribution < 1.29 is 4.79 Å². The zero-order valence-corrected chi connectivity index (χ0v) is 15.8. The van der Waals surface area contributed by atoms with Gasteiger partial charge >= 0.3 is 0 Å². The third-order valence-corrected chi connectivity index (χ3v) is 7.17. The number of hydrogen-bond acceptors (Lipinski definition) is 4. The Labute approximate surface area is 155 Å². The van der Waals surface area contributed by atoms with Crippen LogP contribution in [0.2, 0.25) is 0 Å². The Morgan fingerprint density at radius 3 is 2.72 bits per heavy atom. The number of fused-ring (bicyclic) bond motifs is 1. The highest BCUT2D eigenvalue weighted by molar-refractivity contribution is 7.99. The van der Waals surface area contributed by atoms with Crippen molar-refractivity contribution in [2.24, 2.45) is 11.7 Å². The van der Waals surface area contributed by atoms with E-state index in [0.29, 0.717) is 11.6 Å². The van der Waals surface area contributed by atoms with Crippen molar-refractivity contribution in [2.45, 2.75) is 55.9 Å². The summed E-state index contributed by atoms with van der Waals surface area (Å²) >= 11 is 1.85. The maximum Gasteiger partial charge on any atom is 0.248 e. The fraction of sp³-hybridized carbons (Fsp3) is 0.650. The zero-order valence-electron chi connectivity index (χ0n) is 15.0. The molecular formula is C20H29N3OS. The maximum atomic E-state index is 11.5. The number of rotatable bonds is 4. The molecule has 2 heterocycles. The fourth-order valence-corrected chi connectivity index (χ4v) is 5.94. The number of anilines is 1. The van der Waals surface area contributed by atoms with Crippen molar-refractivity contribution in [1.82, 2.24) is 4.90 Å². The molecule has 1 aromatic rings. The summed E-state index contributed by atoms with van der Waals surface area (Å²) < 4.78 is 0. The summed E-state index contributed by atoms with van der Waals surface area (Å²) in [7, 11) is 0. The summed E-state index contributed by atoms with van der Waals surface area (Å²) in [5.41, 5.74) is 7.38. The van der Waals surface area contributed by atoms with Gasteiger partial charge in [0.05, 0.1) is 11.6 Å². The quantitative estimate of drug-likeness (QED) is 0.890. The van der Waals surface area contributed by atoms with Gasteiger partial charge in [0.1, 0.15) is 0 Å². The predicted octanol–water partition coefficient (Wildman–Crippen LogP) is 3.70. The van der Waals surface area contributed by atoms with Crippen LogP contribution in [0, 0.1) is 5.92 Å². The second-order valence-corrected chi connectivity index (χ2v) is 8.75. The van der Waals surface area contributed by atoms with Crippen LogP contribution in [-0.4, -0.2) is 42.4 Å². The largest absolute Gasteiger partial charge is 0.366 e. The monoisotopic (exact) mass is 359 g/mol. The molecule has 0 aromatic heterocycles. The fourth-order valence-electron chi connectivity index (χ4n) is 4.79. The van der Waals surface area contributed by atoms with Crippen molar-refractivity contribution in [3.8, 4) is 0 Å². The van der Waals surface area contributed by atoms with Crippen molar-refractivity contribution in [1.29, 1.82) is 0 Å². The van der Waals surface area contributed by atoms with Gasteiger partial charge in [-0.2, -0.15) is 0 Å². The lowest BCUT2D eigenvalue weighted by Gasteiger charge is -2.42. The topological polar surface area (TPSA) is 49.6 Å². The van der Waals surface area contributed by atoms with E-state index < -0.39 is 0 Å². The van der Waals surface area contributed by atoms with E-state index in [0.717, 1.165) is 11.8 Å². The molecule has 4 rings (SSSR count). The van der Waals surface area contributed by atoms with Crippen LogP contribution in [0.4, 0.5) is 5.69 Å². The molecule has 2 N–H and O–H groups in total. The van der Waals surface area contributed by atoms with E-state index in [1.807, 2.05) is 23.9 Å². The molecule has 0 spiro atoms. The number of amides is 1. The smallest absolute Gasteiger partial charge is 0.248 e. The summed E-state index contributed by atoms with van der Waals surface area (Å²) in [5.74, 6) is 1.45. The zero-order chi connectivity index (χ0) is 17.2. The lowest BCUT2D eigenvalue weighted by molar-refractivity contribution is 0.1000. The number of carbonyl (C=O) groups is 1. The average Bonchev–Trinajstić information content (AvgIpc) is 3.06. The second kappa shape index (κ2) is 7.58. The van der Waals surface area contributed by atoms with Crippen LogP contribution in [-0.2, 0) is 0 Å². The van der Waals surface area contributed by atoms with Crippen molar-refractivity contribution >= 4 is 23.4 Å². The lowest BCUT2D eigenvalue weighted by atomic mass is 9.82. The average molecular weight is 360 g/mol. The molecule has 1 saturated carbocycles. The standard InChI is InChI=1S/C20H29N3OS/c21-20(24)15-8-9-18-19(12-15)25-14-23(18)17-7-3-2-6-16(17)13-22-10-4-1-5-11-22/h8-9,12,16-17H,1-7,10-11,13-14H2,(H2,21,24). The first kappa shape index (κ1) is 17.2. The number of likely N-dealkylation sites (tertiary alicyclic amines) is 1. The Bertz CT molecular complexity index is 629. The first-order valence-electron chi connectivity index (χ1n) is 9.78. The normalized spacial score (nSPS) is 27.3. The Balaban J connectivity index is 1.51. The van der Waals surface area contributed by atoms with Gasteiger partial charge in [-0.05, 0) is 62.9 Å². The van der Waals surface area contributed by atoms with Crippen LogP contribution < -0.4 is 10.6 Å². The highest BCUT2D eigenvalue weighted by Crippen LogP contribution is 2.44. The molecular weight excluding hydrogens is 330 g/mol. The third kappa shape index (κ3) is 3.68. The molecule has 2 aliphatic heterocycles. The molecule has 3 aliphatic rings. The molecule has 136 valence electrons. The van der Waals surface area contributed by atoms with E-state index in [1.54, 1.807) is 0 Å². The minimum Gasteiger partial charge on any atom is -0.366 e. The van der Waals surface area contributed by atoms with E-state index in [-0.39, 0.29) is 5.91 Å². The van der Waals surface area contributed by atoms with Gasteiger partial charge in [-0.3, -0.25) is 4.79 Å². The number of primary amides is 1. The molecule has 5 heteroatoms. The molecule has 1 saturated heterocycles. The van der Waals surface area contributed by atoms with Crippen molar-refractivity contribution in [3.05, 3.63) is 23.8 Å². The van der Waals surface area contributed by atoms with Crippen molar-refractivity contribution in [2.75, 3.05) is 30.4 Å². The summed E-state index contributed by atoms with van der Waals surface area (Å²) in [6.45, 7) is 3.84. The van der Waals surface area contributed by atoms with Gasteiger partial charge in [-0.25, -0.2) is 0 Å². The molecule has 2 atom stereocenters.